The van der Waals surface area contributed by atoms with Gasteiger partial charge in [-0.1, -0.05) is 24.3 Å². The number of hydrogen-bond acceptors (Lipinski definition) is 2. The van der Waals surface area contributed by atoms with Crippen LogP contribution in [-0.2, 0) is 16.0 Å². The molecule has 1 aromatic heterocycles. The van der Waals surface area contributed by atoms with Gasteiger partial charge in [0.1, 0.15) is 0 Å². The van der Waals surface area contributed by atoms with Gasteiger partial charge in [0.05, 0.1) is 6.42 Å². The summed E-state index contributed by atoms with van der Waals surface area (Å²) in [6, 6.07) is 8.02. The van der Waals surface area contributed by atoms with Crippen molar-refractivity contribution in [2.75, 3.05) is 6.54 Å². The zero-order chi connectivity index (χ0) is 17.3. The number of rotatable bonds is 4. The molecule has 25 heavy (non-hydrogen) atoms. The molecule has 2 heterocycles. The van der Waals surface area contributed by atoms with Crippen LogP contribution in [-0.4, -0.2) is 23.3 Å². The molecule has 2 aliphatic rings. The lowest BCUT2D eigenvalue weighted by molar-refractivity contribution is -0.123. The van der Waals surface area contributed by atoms with E-state index in [1.54, 1.807) is 0 Å². The molecule has 0 spiro atoms. The maximum absolute atomic E-state index is 12.5. The maximum atomic E-state index is 12.5. The lowest BCUT2D eigenvalue weighted by Gasteiger charge is -2.42. The third-order valence-corrected chi connectivity index (χ3v) is 5.53. The second-order valence-corrected chi connectivity index (χ2v) is 7.15. The van der Waals surface area contributed by atoms with Gasteiger partial charge >= 0.3 is 0 Å². The number of aromatic amines is 1. The number of allylic oxidation sites excluding steroid dienone is 1. The zero-order valence-electron chi connectivity index (χ0n) is 14.2. The first-order valence-electron chi connectivity index (χ1n) is 8.98. The average Bonchev–Trinajstić information content (AvgIpc) is 3.03. The lowest BCUT2D eigenvalue weighted by Crippen LogP contribution is -2.48. The predicted molar refractivity (Wildman–Crippen MR) is 96.8 cm³/mol. The van der Waals surface area contributed by atoms with Gasteiger partial charge in [0.15, 0.2) is 0 Å². The van der Waals surface area contributed by atoms with Gasteiger partial charge in [0.25, 0.3) is 0 Å². The molecule has 1 fully saturated rings. The number of nitrogens with one attached hydrogen (secondary N) is 3. The van der Waals surface area contributed by atoms with Crippen LogP contribution in [0.5, 0.6) is 0 Å². The number of para-hydroxylation sites is 1. The number of aromatic nitrogens is 1. The van der Waals surface area contributed by atoms with Crippen LogP contribution in [0.2, 0.25) is 0 Å². The Bertz CT molecular complexity index is 851. The first-order chi connectivity index (χ1) is 12.2. The van der Waals surface area contributed by atoms with Crippen molar-refractivity contribution < 1.29 is 9.59 Å². The molecule has 3 N–H and O–H groups in total. The van der Waals surface area contributed by atoms with E-state index in [4.69, 9.17) is 0 Å². The van der Waals surface area contributed by atoms with E-state index in [1.807, 2.05) is 30.5 Å². The molecule has 1 aromatic carbocycles. The Kier molecular flexibility index (Phi) is 4.07. The Labute approximate surface area is 146 Å². The van der Waals surface area contributed by atoms with E-state index in [0.29, 0.717) is 19.4 Å². The van der Waals surface area contributed by atoms with Gasteiger partial charge in [-0.25, -0.2) is 0 Å². The van der Waals surface area contributed by atoms with Gasteiger partial charge in [-0.15, -0.1) is 0 Å². The largest absolute Gasteiger partial charge is 0.361 e. The van der Waals surface area contributed by atoms with Crippen molar-refractivity contribution in [1.82, 2.24) is 15.6 Å². The van der Waals surface area contributed by atoms with Crippen LogP contribution in [0.25, 0.3) is 10.9 Å². The summed E-state index contributed by atoms with van der Waals surface area (Å²) in [4.78, 5) is 27.4. The fourth-order valence-corrected chi connectivity index (χ4v) is 4.10. The number of carbonyl (C=O) groups is 2. The molecule has 5 heteroatoms. The summed E-state index contributed by atoms with van der Waals surface area (Å²) in [5, 5.41) is 7.23. The van der Waals surface area contributed by atoms with Gasteiger partial charge in [-0.2, -0.15) is 0 Å². The molecule has 1 atom stereocenters. The molecule has 130 valence electrons. The summed E-state index contributed by atoms with van der Waals surface area (Å²) in [6.07, 6.45) is 8.89. The molecule has 0 bridgehead atoms. The van der Waals surface area contributed by atoms with Gasteiger partial charge in [0, 0.05) is 41.2 Å². The molecule has 0 radical (unpaired) electrons. The van der Waals surface area contributed by atoms with Crippen molar-refractivity contribution in [2.45, 2.75) is 38.5 Å². The van der Waals surface area contributed by atoms with Crippen molar-refractivity contribution in [3.05, 3.63) is 47.8 Å². The maximum Gasteiger partial charge on any atom is 0.224 e. The lowest BCUT2D eigenvalue weighted by atomic mass is 9.70. The van der Waals surface area contributed by atoms with E-state index in [2.05, 4.69) is 21.7 Å². The molecule has 1 saturated heterocycles. The van der Waals surface area contributed by atoms with Crippen LogP contribution in [0, 0.1) is 5.41 Å². The van der Waals surface area contributed by atoms with Gasteiger partial charge < -0.3 is 15.6 Å². The Morgan fingerprint density at radius 1 is 1.24 bits per heavy atom. The van der Waals surface area contributed by atoms with Crippen LogP contribution in [0.3, 0.4) is 0 Å². The molecule has 5 nitrogen and oxygen atoms in total. The topological polar surface area (TPSA) is 74.0 Å². The highest BCUT2D eigenvalue weighted by Crippen LogP contribution is 2.42. The summed E-state index contributed by atoms with van der Waals surface area (Å²) >= 11 is 0. The number of piperidine rings is 1. The second kappa shape index (κ2) is 6.39. The van der Waals surface area contributed by atoms with E-state index < -0.39 is 0 Å². The normalized spacial score (nSPS) is 22.9. The third-order valence-electron chi connectivity index (χ3n) is 5.53. The molecule has 0 saturated carbocycles. The Balaban J connectivity index is 1.44. The fourth-order valence-electron chi connectivity index (χ4n) is 4.10. The van der Waals surface area contributed by atoms with Gasteiger partial charge in [-0.05, 0) is 37.3 Å². The summed E-state index contributed by atoms with van der Waals surface area (Å²) < 4.78 is 0. The monoisotopic (exact) mass is 337 g/mol. The number of benzene rings is 1. The number of hydrogen-bond donors (Lipinski definition) is 3. The van der Waals surface area contributed by atoms with E-state index in [1.165, 1.54) is 0 Å². The van der Waals surface area contributed by atoms with Crippen molar-refractivity contribution in [3.8, 4) is 0 Å². The summed E-state index contributed by atoms with van der Waals surface area (Å²) in [6.45, 7) is 0.598. The molecular formula is C20H23N3O2. The fraction of sp³-hybridized carbons (Fsp3) is 0.400. The SMILES string of the molecule is O=C(Cc1c[nH]c2ccccc12)NCC12CCCC=C1NC(=O)CC2. The van der Waals surface area contributed by atoms with E-state index in [-0.39, 0.29) is 17.2 Å². The second-order valence-electron chi connectivity index (χ2n) is 7.15. The summed E-state index contributed by atoms with van der Waals surface area (Å²) in [5.74, 6) is 0.120. The molecular weight excluding hydrogens is 314 g/mol. The molecule has 1 unspecified atom stereocenters. The van der Waals surface area contributed by atoms with Crippen LogP contribution in [0.4, 0.5) is 0 Å². The predicted octanol–water partition coefficient (Wildman–Crippen LogP) is 2.79. The minimum Gasteiger partial charge on any atom is -0.361 e. The van der Waals surface area contributed by atoms with Crippen LogP contribution >= 0.6 is 0 Å². The Hall–Kier alpha value is -2.56. The van der Waals surface area contributed by atoms with E-state index in [0.717, 1.165) is 47.8 Å². The summed E-state index contributed by atoms with van der Waals surface area (Å²) in [7, 11) is 0. The highest BCUT2D eigenvalue weighted by atomic mass is 16.2. The van der Waals surface area contributed by atoms with Crippen molar-refractivity contribution in [1.29, 1.82) is 0 Å². The molecule has 2 amide bonds. The number of carbonyl (C=O) groups excluding carboxylic acids is 2. The molecule has 1 aliphatic heterocycles. The number of fused-ring (bicyclic) bond motifs is 2. The number of H-pyrrole nitrogens is 1. The third kappa shape index (κ3) is 3.06. The van der Waals surface area contributed by atoms with Crippen molar-refractivity contribution in [2.24, 2.45) is 5.41 Å². The minimum absolute atomic E-state index is 0.0287. The first-order valence-corrected chi connectivity index (χ1v) is 8.98. The van der Waals surface area contributed by atoms with E-state index >= 15 is 0 Å². The van der Waals surface area contributed by atoms with Gasteiger partial charge in [-0.3, -0.25) is 9.59 Å². The molecule has 1 aliphatic carbocycles. The Morgan fingerprint density at radius 3 is 3.04 bits per heavy atom. The minimum atomic E-state index is -0.0952. The smallest absolute Gasteiger partial charge is 0.224 e. The molecule has 2 aromatic rings. The average molecular weight is 337 g/mol. The van der Waals surface area contributed by atoms with Crippen LogP contribution in [0.15, 0.2) is 42.2 Å². The van der Waals surface area contributed by atoms with Crippen LogP contribution in [0.1, 0.15) is 37.7 Å². The zero-order valence-corrected chi connectivity index (χ0v) is 14.2. The first kappa shape index (κ1) is 15.9. The summed E-state index contributed by atoms with van der Waals surface area (Å²) in [5.41, 5.74) is 2.99. The van der Waals surface area contributed by atoms with E-state index in [9.17, 15) is 9.59 Å². The van der Waals surface area contributed by atoms with Crippen LogP contribution < -0.4 is 10.6 Å². The van der Waals surface area contributed by atoms with Crippen molar-refractivity contribution in [3.63, 3.8) is 0 Å². The highest BCUT2D eigenvalue weighted by molar-refractivity contribution is 5.89. The molecule has 4 rings (SSSR count). The Morgan fingerprint density at radius 2 is 2.12 bits per heavy atom. The quantitative estimate of drug-likeness (QED) is 0.802. The van der Waals surface area contributed by atoms with Gasteiger partial charge in [0.2, 0.25) is 11.8 Å². The standard InChI is InChI=1S/C20H23N3O2/c24-18-8-10-20(9-4-3-7-17(20)23-18)13-22-19(25)11-14-12-21-16-6-2-1-5-15(14)16/h1-2,5-7,12,21H,3-4,8-11,13H2,(H,22,25)(H,23,24). The van der Waals surface area contributed by atoms with Crippen molar-refractivity contribution >= 4 is 22.7 Å². The number of amides is 2. The highest BCUT2D eigenvalue weighted by Gasteiger charge is 2.40.